The lowest BCUT2D eigenvalue weighted by molar-refractivity contribution is -0.139. The number of pyridine rings is 1. The number of hydrogen-bond acceptors (Lipinski definition) is 26. The fourth-order valence-corrected chi connectivity index (χ4v) is 11.7. The highest BCUT2D eigenvalue weighted by atomic mass is 35.5. The smallest absolute Gasteiger partial charge is 0.388 e. The number of rotatable bonds is 22. The Hall–Kier alpha value is -9.13. The summed E-state index contributed by atoms with van der Waals surface area (Å²) >= 11 is 8.17. The van der Waals surface area contributed by atoms with E-state index in [9.17, 15) is 76.9 Å². The van der Waals surface area contributed by atoms with Crippen LogP contribution in [0.2, 0.25) is 5.02 Å². The molecule has 0 aliphatic carbocycles. The second-order valence-electron chi connectivity index (χ2n) is 18.2. The van der Waals surface area contributed by atoms with E-state index in [0.717, 1.165) is 54.1 Å². The van der Waals surface area contributed by atoms with Crippen LogP contribution in [0.1, 0.15) is 40.0 Å². The molecule has 45 heteroatoms. The number of benzene rings is 2. The van der Waals surface area contributed by atoms with Crippen molar-refractivity contribution in [3.8, 4) is 23.5 Å². The number of nitrogens with one attached hydrogen (secondary N) is 4. The van der Waals surface area contributed by atoms with E-state index in [-0.39, 0.29) is 57.2 Å². The minimum atomic E-state index is -4.71. The first-order valence-electron chi connectivity index (χ1n) is 25.7. The topological polar surface area (TPSA) is 476 Å². The number of sulfonamides is 2. The number of alkyl halides is 4. The molecule has 9 N–H and O–H groups in total. The predicted molar refractivity (Wildman–Crippen MR) is 321 cm³/mol. The number of amides is 5. The molecule has 2 atom stereocenters. The van der Waals surface area contributed by atoms with Gasteiger partial charge in [0.1, 0.15) is 22.4 Å². The van der Waals surface area contributed by atoms with E-state index in [2.05, 4.69) is 49.4 Å². The number of aromatic nitrogens is 7. The molecule has 7 rings (SSSR count). The summed E-state index contributed by atoms with van der Waals surface area (Å²) in [5, 5.41) is 20.8. The number of anilines is 2. The van der Waals surface area contributed by atoms with Gasteiger partial charge < -0.3 is 49.4 Å². The maximum Gasteiger partial charge on any atom is 0.388 e. The monoisotopic (exact) mass is 1450 g/mol. The number of carboxylic acids is 2. The zero-order valence-corrected chi connectivity index (χ0v) is 54.2. The highest BCUT2D eigenvalue weighted by Crippen LogP contribution is 2.36. The van der Waals surface area contributed by atoms with Gasteiger partial charge in [-0.3, -0.25) is 39.1 Å². The van der Waals surface area contributed by atoms with Crippen LogP contribution < -0.4 is 54.4 Å². The molecule has 5 amide bonds. The van der Waals surface area contributed by atoms with E-state index >= 15 is 0 Å². The molecule has 0 bridgehead atoms. The zero-order valence-electron chi connectivity index (χ0n) is 49.3. The third kappa shape index (κ3) is 24.4. The summed E-state index contributed by atoms with van der Waals surface area (Å²) in [6, 6.07) is 7.74. The van der Waals surface area contributed by atoms with E-state index in [1.165, 1.54) is 94.3 Å². The van der Waals surface area contributed by atoms with Gasteiger partial charge >= 0.3 is 48.1 Å². The fraction of sp³-hybridized carbons (Fsp3) is 0.327. The highest BCUT2D eigenvalue weighted by molar-refractivity contribution is 8.00. The van der Waals surface area contributed by atoms with Crippen LogP contribution in [-0.4, -0.2) is 180 Å². The molecule has 0 saturated heterocycles. The van der Waals surface area contributed by atoms with Gasteiger partial charge in [0.15, 0.2) is 12.4 Å². The molecule has 34 nitrogen and oxygen atoms in total. The second kappa shape index (κ2) is 35.2. The van der Waals surface area contributed by atoms with Crippen LogP contribution in [0, 0.1) is 5.82 Å². The summed E-state index contributed by atoms with van der Waals surface area (Å²) < 4.78 is 153. The number of aliphatic carboxylic acids is 1. The summed E-state index contributed by atoms with van der Waals surface area (Å²) in [6.07, 6.45) is 3.08. The van der Waals surface area contributed by atoms with Crippen molar-refractivity contribution in [2.75, 3.05) is 64.6 Å². The number of nitrogens with zero attached hydrogens (tertiary/aromatic N) is 9. The van der Waals surface area contributed by atoms with Crippen molar-refractivity contribution in [2.24, 2.45) is 10.7 Å². The van der Waals surface area contributed by atoms with Gasteiger partial charge in [-0.15, -0.1) is 11.8 Å². The third-order valence-corrected chi connectivity index (χ3v) is 17.1. The van der Waals surface area contributed by atoms with Crippen LogP contribution in [0.25, 0.3) is 0 Å². The Morgan fingerprint density at radius 1 is 0.809 bits per heavy atom. The number of carbonyl (C=O) groups is 6. The molecule has 512 valence electrons. The van der Waals surface area contributed by atoms with Gasteiger partial charge in [-0.2, -0.15) is 45.9 Å². The molecule has 6 aromatic rings. The summed E-state index contributed by atoms with van der Waals surface area (Å²) in [7, 11) is -5.37. The quantitative estimate of drug-likeness (QED) is 0.0201. The number of hydrogen-bond donors (Lipinski definition) is 8. The number of urea groups is 2. The Morgan fingerprint density at radius 3 is 1.84 bits per heavy atom. The molecule has 1 aliphatic heterocycles. The van der Waals surface area contributed by atoms with Gasteiger partial charge in [0.25, 0.3) is 26.0 Å². The molecule has 0 saturated carbocycles. The van der Waals surface area contributed by atoms with Crippen molar-refractivity contribution >= 4 is 116 Å². The third-order valence-electron chi connectivity index (χ3n) is 11.0. The van der Waals surface area contributed by atoms with Crippen LogP contribution in [0.15, 0.2) is 91.5 Å². The number of esters is 1. The number of fused-ring (bicyclic) bond motifs is 1. The van der Waals surface area contributed by atoms with Crippen LogP contribution in [0.5, 0.6) is 23.5 Å². The molecule has 1 aliphatic rings. The van der Waals surface area contributed by atoms with Gasteiger partial charge in [-0.05, 0) is 67.0 Å². The van der Waals surface area contributed by atoms with E-state index in [0.29, 0.717) is 28.9 Å². The van der Waals surface area contributed by atoms with Crippen molar-refractivity contribution < 1.29 is 111 Å². The lowest BCUT2D eigenvalue weighted by Crippen LogP contribution is -2.36. The molecule has 0 fully saturated rings. The first-order chi connectivity index (χ1) is 44.0. The maximum atomic E-state index is 14.3. The van der Waals surface area contributed by atoms with Crippen molar-refractivity contribution in [1.29, 1.82) is 0 Å². The van der Waals surface area contributed by atoms with Gasteiger partial charge in [0.05, 0.1) is 55.4 Å². The highest BCUT2D eigenvalue weighted by Gasteiger charge is 2.29. The minimum Gasteiger partial charge on any atom is -0.481 e. The summed E-state index contributed by atoms with van der Waals surface area (Å²) in [5.41, 5.74) is 4.34. The van der Waals surface area contributed by atoms with E-state index in [4.69, 9.17) is 41.9 Å². The number of thioether (sulfide) groups is 1. The van der Waals surface area contributed by atoms with Crippen LogP contribution >= 0.6 is 42.1 Å². The SMILES string of the molecule is COC(=O)CSc1cc(/N=c2\sc(=O)n3n2CCCC3)c(F)cc1Cl.COc1cc(OC)nc(NC(=O)NS(=O)(=O)c2ncccc2C(=O)N(C)C)n1.CP(=O)(O)CCC(N)C(=O)O.O=C(Nc1nc(OC(F)F)cc(OC(F)F)n1)NS(=O)(=O)c1ccccc1C(=O)O. The number of nitrogens with two attached hydrogens (primary N) is 1. The molecule has 4 aromatic heterocycles. The average molecular weight is 1450 g/mol. The van der Waals surface area contributed by atoms with Crippen molar-refractivity contribution in [3.05, 3.63) is 103 Å². The van der Waals surface area contributed by atoms with Gasteiger partial charge in [-0.1, -0.05) is 23.7 Å². The molecule has 0 spiro atoms. The summed E-state index contributed by atoms with van der Waals surface area (Å²) in [6.45, 7) is -4.31. The molecule has 2 unspecified atom stereocenters. The number of methoxy groups -OCH3 is 3. The Balaban J connectivity index is 0.000000278. The molecular formula is C49H55ClF5N14O20PS4. The first kappa shape index (κ1) is 77.3. The standard InChI is InChI=1S/C15H15ClFN3O3S2.C15H18N6O6S.C14H10F4N4O7S.C5H12NO4P/c1-23-13(21)8-24-12-7-11(10(17)6-9(12)16)18-14-19-4-2-3-5-20(19)15(22)25-14;1-21(2)13(22)9-6-5-7-16-12(9)28(24,25)20-15(23)19-14-17-10(26-3)8-11(18-14)27-4;15-11(16)28-8-5-9(29-12(17)18)20-13(19-8)21-14(25)22-30(26,27)7-4-2-1-3-6(7)10(23)24;1-11(9,10)3-2-4(6)5(7)8/h6-7H,2-5,8H2,1H3;5-8H,1-4H3,(H2,17,18,19,20,23);1-5,11-12H,(H,23,24)(H2,19,20,21,22,25);4H,2-3,6H2,1H3,(H,7,8)(H,9,10)/b18-14-;;;. The van der Waals surface area contributed by atoms with Crippen LogP contribution in [0.3, 0.4) is 0 Å². The average Bonchev–Trinajstić information content (AvgIpc) is 1.36. The van der Waals surface area contributed by atoms with Gasteiger partial charge in [-0.25, -0.2) is 51.3 Å². The fourth-order valence-electron chi connectivity index (χ4n) is 6.85. The lowest BCUT2D eigenvalue weighted by Gasteiger charge is -2.15. The second-order valence-corrected chi connectivity index (χ2v) is 26.3. The molecular weight excluding hydrogens is 1390 g/mol. The normalized spacial score (nSPS) is 12.8. The molecule has 94 heavy (non-hydrogen) atoms. The number of ether oxygens (including phenoxy) is 5. The maximum absolute atomic E-state index is 14.3. The lowest BCUT2D eigenvalue weighted by atomic mass is 10.2. The van der Waals surface area contributed by atoms with Gasteiger partial charge in [0, 0.05) is 51.1 Å². The number of carboxylic acid groups (broad SMARTS) is 2. The van der Waals surface area contributed by atoms with Crippen molar-refractivity contribution in [1.82, 2.24) is 48.6 Å². The summed E-state index contributed by atoms with van der Waals surface area (Å²) in [4.78, 5) is 113. The van der Waals surface area contributed by atoms with E-state index in [1.54, 1.807) is 19.4 Å². The largest absolute Gasteiger partial charge is 0.481 e. The molecule has 2 aromatic carbocycles. The van der Waals surface area contributed by atoms with Crippen LogP contribution in [0.4, 0.5) is 49.1 Å². The number of carbonyl (C=O) groups excluding carboxylic acids is 4. The minimum absolute atomic E-state index is 0.0412. The van der Waals surface area contributed by atoms with E-state index in [1.807, 2.05) is 0 Å². The zero-order chi connectivity index (χ0) is 70.4. The van der Waals surface area contributed by atoms with E-state index < -0.39 is 122 Å². The Bertz CT molecular complexity index is 4100. The number of aromatic carboxylic acids is 1. The molecule has 5 heterocycles. The Labute approximate surface area is 541 Å². The molecule has 0 radical (unpaired) electrons. The van der Waals surface area contributed by atoms with Crippen molar-refractivity contribution in [2.45, 2.75) is 66.4 Å². The summed E-state index contributed by atoms with van der Waals surface area (Å²) in [5.74, 6) is -7.18. The number of halogens is 6. The first-order valence-corrected chi connectivity index (χ1v) is 33.2. The Kier molecular flexibility index (Phi) is 29.0. The van der Waals surface area contributed by atoms with Crippen LogP contribution in [-0.2, 0) is 52.0 Å². The van der Waals surface area contributed by atoms with Gasteiger partial charge in [0.2, 0.25) is 40.2 Å². The predicted octanol–water partition coefficient (Wildman–Crippen LogP) is 4.47. The van der Waals surface area contributed by atoms with Crippen molar-refractivity contribution in [3.63, 3.8) is 0 Å². The Morgan fingerprint density at radius 2 is 1.33 bits per heavy atom.